The Bertz CT molecular complexity index is 528. The second kappa shape index (κ2) is 5.75. The van der Waals surface area contributed by atoms with Crippen LogP contribution in [0.15, 0.2) is 34.9 Å². The largest absolute Gasteiger partial charge is 0.468 e. The van der Waals surface area contributed by atoms with Crippen molar-refractivity contribution in [3.05, 3.63) is 58.5 Å². The SMILES string of the molecule is CCc1ccc(CC)c(C(Br)c2occc2C)c1. The lowest BCUT2D eigenvalue weighted by molar-refractivity contribution is 0.516. The topological polar surface area (TPSA) is 13.1 Å². The highest BCUT2D eigenvalue weighted by molar-refractivity contribution is 9.09. The summed E-state index contributed by atoms with van der Waals surface area (Å²) < 4.78 is 5.61. The van der Waals surface area contributed by atoms with Gasteiger partial charge in [0.2, 0.25) is 0 Å². The zero-order chi connectivity index (χ0) is 13.1. The van der Waals surface area contributed by atoms with Crippen molar-refractivity contribution < 1.29 is 4.42 Å². The van der Waals surface area contributed by atoms with Gasteiger partial charge in [0.1, 0.15) is 5.76 Å². The van der Waals surface area contributed by atoms with Crippen molar-refractivity contribution in [2.45, 2.75) is 38.4 Å². The minimum atomic E-state index is 0.147. The number of halogens is 1. The minimum Gasteiger partial charge on any atom is -0.468 e. The molecule has 0 bridgehead atoms. The predicted octanol–water partition coefficient (Wildman–Crippen LogP) is 5.20. The van der Waals surface area contributed by atoms with Crippen LogP contribution in [-0.2, 0) is 12.8 Å². The van der Waals surface area contributed by atoms with Gasteiger partial charge in [-0.25, -0.2) is 0 Å². The molecule has 2 rings (SSSR count). The van der Waals surface area contributed by atoms with Crippen LogP contribution in [-0.4, -0.2) is 0 Å². The van der Waals surface area contributed by atoms with Crippen molar-refractivity contribution in [3.8, 4) is 0 Å². The number of hydrogen-bond donors (Lipinski definition) is 0. The third-order valence-electron chi connectivity index (χ3n) is 3.40. The molecule has 0 aliphatic rings. The van der Waals surface area contributed by atoms with E-state index in [0.29, 0.717) is 0 Å². The molecule has 0 aliphatic heterocycles. The van der Waals surface area contributed by atoms with Crippen molar-refractivity contribution >= 4 is 15.9 Å². The monoisotopic (exact) mass is 306 g/mol. The molecule has 1 heterocycles. The first-order valence-corrected chi connectivity index (χ1v) is 7.38. The Morgan fingerprint density at radius 2 is 1.94 bits per heavy atom. The Morgan fingerprint density at radius 1 is 1.17 bits per heavy atom. The fourth-order valence-corrected chi connectivity index (χ4v) is 3.10. The fraction of sp³-hybridized carbons (Fsp3) is 0.375. The van der Waals surface area contributed by atoms with Gasteiger partial charge < -0.3 is 4.42 Å². The molecule has 0 fully saturated rings. The summed E-state index contributed by atoms with van der Waals surface area (Å²) in [5, 5.41) is 0. The summed E-state index contributed by atoms with van der Waals surface area (Å²) in [7, 11) is 0. The Hall–Kier alpha value is -1.02. The quantitative estimate of drug-likeness (QED) is 0.708. The molecule has 18 heavy (non-hydrogen) atoms. The van der Waals surface area contributed by atoms with Gasteiger partial charge in [-0.15, -0.1) is 0 Å². The van der Waals surface area contributed by atoms with Crippen molar-refractivity contribution in [3.63, 3.8) is 0 Å². The van der Waals surface area contributed by atoms with Gasteiger partial charge in [0.25, 0.3) is 0 Å². The van der Waals surface area contributed by atoms with Crippen molar-refractivity contribution in [1.82, 2.24) is 0 Å². The maximum Gasteiger partial charge on any atom is 0.124 e. The van der Waals surface area contributed by atoms with Gasteiger partial charge in [0.15, 0.2) is 0 Å². The van der Waals surface area contributed by atoms with Gasteiger partial charge in [-0.1, -0.05) is 48.0 Å². The van der Waals surface area contributed by atoms with E-state index in [0.717, 1.165) is 18.6 Å². The van der Waals surface area contributed by atoms with E-state index in [1.54, 1.807) is 6.26 Å². The number of rotatable bonds is 4. The summed E-state index contributed by atoms with van der Waals surface area (Å²) in [6, 6.07) is 8.76. The lowest BCUT2D eigenvalue weighted by Gasteiger charge is -2.15. The smallest absolute Gasteiger partial charge is 0.124 e. The van der Waals surface area contributed by atoms with E-state index in [4.69, 9.17) is 4.42 Å². The van der Waals surface area contributed by atoms with E-state index in [-0.39, 0.29) is 4.83 Å². The predicted molar refractivity (Wildman–Crippen MR) is 79.4 cm³/mol. The zero-order valence-electron chi connectivity index (χ0n) is 11.2. The van der Waals surface area contributed by atoms with E-state index in [2.05, 4.69) is 54.9 Å². The van der Waals surface area contributed by atoms with Crippen LogP contribution in [0.1, 0.15) is 46.7 Å². The van der Waals surface area contributed by atoms with E-state index in [1.807, 2.05) is 6.07 Å². The zero-order valence-corrected chi connectivity index (χ0v) is 12.8. The summed E-state index contributed by atoms with van der Waals surface area (Å²) in [4.78, 5) is 0.147. The lowest BCUT2D eigenvalue weighted by Crippen LogP contribution is -2.00. The maximum atomic E-state index is 5.61. The average molecular weight is 307 g/mol. The molecule has 0 N–H and O–H groups in total. The van der Waals surface area contributed by atoms with Crippen LogP contribution in [0.5, 0.6) is 0 Å². The van der Waals surface area contributed by atoms with Gasteiger partial charge in [0, 0.05) is 0 Å². The first kappa shape index (κ1) is 13.4. The first-order chi connectivity index (χ1) is 8.67. The highest BCUT2D eigenvalue weighted by atomic mass is 79.9. The van der Waals surface area contributed by atoms with E-state index in [9.17, 15) is 0 Å². The van der Waals surface area contributed by atoms with Crippen molar-refractivity contribution in [2.24, 2.45) is 0 Å². The summed E-state index contributed by atoms with van der Waals surface area (Å²) in [6.07, 6.45) is 3.86. The van der Waals surface area contributed by atoms with Crippen molar-refractivity contribution in [1.29, 1.82) is 0 Å². The fourth-order valence-electron chi connectivity index (χ4n) is 2.21. The Morgan fingerprint density at radius 3 is 2.50 bits per heavy atom. The van der Waals surface area contributed by atoms with E-state index >= 15 is 0 Å². The molecule has 0 saturated carbocycles. The van der Waals surface area contributed by atoms with Crippen LogP contribution in [0.2, 0.25) is 0 Å². The third-order valence-corrected chi connectivity index (χ3v) is 4.31. The van der Waals surface area contributed by atoms with Crippen molar-refractivity contribution in [2.75, 3.05) is 0 Å². The molecule has 2 heteroatoms. The normalized spacial score (nSPS) is 12.7. The van der Waals surface area contributed by atoms with Crippen LogP contribution in [0.3, 0.4) is 0 Å². The summed E-state index contributed by atoms with van der Waals surface area (Å²) in [5.41, 5.74) is 5.27. The number of alkyl halides is 1. The van der Waals surface area contributed by atoms with Crippen LogP contribution in [0.4, 0.5) is 0 Å². The molecular formula is C16H19BrO. The molecule has 2 aromatic rings. The van der Waals surface area contributed by atoms with Gasteiger partial charge >= 0.3 is 0 Å². The molecule has 0 spiro atoms. The second-order valence-corrected chi connectivity index (χ2v) is 5.49. The summed E-state index contributed by atoms with van der Waals surface area (Å²) in [5.74, 6) is 1.01. The molecule has 0 aliphatic carbocycles. The van der Waals surface area contributed by atoms with Gasteiger partial charge in [0.05, 0.1) is 11.1 Å². The van der Waals surface area contributed by atoms with Crippen LogP contribution >= 0.6 is 15.9 Å². The van der Waals surface area contributed by atoms with E-state index < -0.39 is 0 Å². The molecule has 1 atom stereocenters. The van der Waals surface area contributed by atoms with Gasteiger partial charge in [-0.2, -0.15) is 0 Å². The Kier molecular flexibility index (Phi) is 4.28. The maximum absolute atomic E-state index is 5.61. The molecule has 1 nitrogen and oxygen atoms in total. The molecular weight excluding hydrogens is 288 g/mol. The lowest BCUT2D eigenvalue weighted by atomic mass is 9.97. The number of aryl methyl sites for hydroxylation is 3. The highest BCUT2D eigenvalue weighted by Crippen LogP contribution is 2.36. The molecule has 1 unspecified atom stereocenters. The average Bonchev–Trinajstić information content (AvgIpc) is 2.83. The van der Waals surface area contributed by atoms with Crippen LogP contribution in [0.25, 0.3) is 0 Å². The van der Waals surface area contributed by atoms with Crippen LogP contribution < -0.4 is 0 Å². The Balaban J connectivity index is 2.45. The second-order valence-electron chi connectivity index (χ2n) is 4.57. The standard InChI is InChI=1S/C16H19BrO/c1-4-12-6-7-13(5-2)14(10-12)15(17)16-11(3)8-9-18-16/h6-10,15H,4-5H2,1-3H3. The first-order valence-electron chi connectivity index (χ1n) is 6.47. The molecule has 0 radical (unpaired) electrons. The van der Waals surface area contributed by atoms with Gasteiger partial charge in [-0.3, -0.25) is 0 Å². The number of furan rings is 1. The number of hydrogen-bond acceptors (Lipinski definition) is 1. The number of benzene rings is 1. The third kappa shape index (κ3) is 2.54. The van der Waals surface area contributed by atoms with Gasteiger partial charge in [-0.05, 0) is 48.1 Å². The molecule has 0 saturated heterocycles. The molecule has 0 amide bonds. The molecule has 96 valence electrons. The molecule has 1 aromatic heterocycles. The van der Waals surface area contributed by atoms with E-state index in [1.165, 1.54) is 22.3 Å². The highest BCUT2D eigenvalue weighted by Gasteiger charge is 2.18. The Labute approximate surface area is 117 Å². The van der Waals surface area contributed by atoms with Crippen LogP contribution in [0, 0.1) is 6.92 Å². The minimum absolute atomic E-state index is 0.147. The summed E-state index contributed by atoms with van der Waals surface area (Å²) in [6.45, 7) is 6.47. The molecule has 1 aromatic carbocycles. The summed E-state index contributed by atoms with van der Waals surface area (Å²) >= 11 is 3.79.